The summed E-state index contributed by atoms with van der Waals surface area (Å²) in [5, 5.41) is 2.89. The van der Waals surface area contributed by atoms with Crippen molar-refractivity contribution in [1.82, 2.24) is 15.1 Å². The molecule has 1 rings (SSSR count). The number of nitrogens with zero attached hydrogens (tertiary/aromatic N) is 2. The van der Waals surface area contributed by atoms with Gasteiger partial charge in [0.1, 0.15) is 0 Å². The van der Waals surface area contributed by atoms with Crippen LogP contribution in [0.5, 0.6) is 0 Å². The van der Waals surface area contributed by atoms with Gasteiger partial charge in [0.05, 0.1) is 10.6 Å². The van der Waals surface area contributed by atoms with E-state index >= 15 is 0 Å². The summed E-state index contributed by atoms with van der Waals surface area (Å²) in [6.45, 7) is 11.3. The number of carbonyl (C=O) groups is 1. The second kappa shape index (κ2) is 10.9. The monoisotopic (exact) mass is 447 g/mol. The third kappa shape index (κ3) is 7.25. The Balaban J connectivity index is 2.64. The van der Waals surface area contributed by atoms with Crippen molar-refractivity contribution in [3.63, 3.8) is 0 Å². The number of amides is 2. The summed E-state index contributed by atoms with van der Waals surface area (Å²) in [5.74, 6) is -0.101. The van der Waals surface area contributed by atoms with Gasteiger partial charge in [0.25, 0.3) is 0 Å². The van der Waals surface area contributed by atoms with Crippen molar-refractivity contribution in [2.45, 2.75) is 38.6 Å². The number of halogens is 1. The highest BCUT2D eigenvalue weighted by atomic mass is 79.9. The molecule has 2 amide bonds. The van der Waals surface area contributed by atoms with Gasteiger partial charge in [-0.1, -0.05) is 29.8 Å². The summed E-state index contributed by atoms with van der Waals surface area (Å²) in [4.78, 5) is 16.5. The summed E-state index contributed by atoms with van der Waals surface area (Å²) in [6, 6.07) is 6.24. The van der Waals surface area contributed by atoms with Crippen molar-refractivity contribution in [2.75, 3.05) is 38.5 Å². The van der Waals surface area contributed by atoms with Crippen LogP contribution in [0, 0.1) is 0 Å². The Kier molecular flexibility index (Phi) is 9.60. The lowest BCUT2D eigenvalue weighted by molar-refractivity contribution is 0.185. The zero-order valence-corrected chi connectivity index (χ0v) is 18.4. The molecule has 0 saturated heterocycles. The summed E-state index contributed by atoms with van der Waals surface area (Å²) in [7, 11) is -3.43. The van der Waals surface area contributed by atoms with Crippen molar-refractivity contribution in [2.24, 2.45) is 0 Å². The number of sulfone groups is 1. The lowest BCUT2D eigenvalue weighted by Crippen LogP contribution is -2.47. The lowest BCUT2D eigenvalue weighted by Gasteiger charge is -2.27. The van der Waals surface area contributed by atoms with Crippen LogP contribution in [0.3, 0.4) is 0 Å². The van der Waals surface area contributed by atoms with Crippen LogP contribution in [-0.2, 0) is 9.84 Å². The predicted octanol–water partition coefficient (Wildman–Crippen LogP) is 2.98. The molecule has 0 aliphatic heterocycles. The Labute approximate surface area is 166 Å². The summed E-state index contributed by atoms with van der Waals surface area (Å²) in [6.07, 6.45) is 0. The van der Waals surface area contributed by atoms with E-state index in [0.29, 0.717) is 6.54 Å². The smallest absolute Gasteiger partial charge is 0.317 e. The lowest BCUT2D eigenvalue weighted by atomic mass is 10.3. The van der Waals surface area contributed by atoms with Gasteiger partial charge in [-0.2, -0.15) is 0 Å². The minimum absolute atomic E-state index is 0.0800. The van der Waals surface area contributed by atoms with E-state index in [4.69, 9.17) is 0 Å². The molecule has 0 spiro atoms. The molecule has 1 aromatic rings. The number of hydrogen-bond donors (Lipinski definition) is 1. The second-order valence-corrected chi connectivity index (χ2v) is 9.34. The summed E-state index contributed by atoms with van der Waals surface area (Å²) < 4.78 is 25.8. The van der Waals surface area contributed by atoms with E-state index in [-0.39, 0.29) is 29.3 Å². The molecule has 8 heteroatoms. The average molecular weight is 448 g/mol. The van der Waals surface area contributed by atoms with E-state index < -0.39 is 9.84 Å². The van der Waals surface area contributed by atoms with Crippen LogP contribution in [0.2, 0.25) is 0 Å². The van der Waals surface area contributed by atoms with Gasteiger partial charge >= 0.3 is 6.03 Å². The summed E-state index contributed by atoms with van der Waals surface area (Å²) in [5.41, 5.74) is 0. The highest BCUT2D eigenvalue weighted by Crippen LogP contribution is 2.16. The molecule has 0 atom stereocenters. The quantitative estimate of drug-likeness (QED) is 0.598. The van der Waals surface area contributed by atoms with E-state index in [1.807, 2.05) is 13.8 Å². The number of hydrogen-bond acceptors (Lipinski definition) is 4. The van der Waals surface area contributed by atoms with E-state index in [9.17, 15) is 13.2 Å². The molecule has 0 heterocycles. The first-order valence-corrected chi connectivity index (χ1v) is 11.4. The van der Waals surface area contributed by atoms with E-state index in [2.05, 4.69) is 40.0 Å². The highest BCUT2D eigenvalue weighted by Gasteiger charge is 2.21. The van der Waals surface area contributed by atoms with E-state index in [0.717, 1.165) is 24.1 Å². The van der Waals surface area contributed by atoms with Gasteiger partial charge in [0.2, 0.25) is 0 Å². The molecule has 0 unspecified atom stereocenters. The van der Waals surface area contributed by atoms with Gasteiger partial charge in [-0.15, -0.1) is 0 Å². The minimum Gasteiger partial charge on any atom is -0.337 e. The highest BCUT2D eigenvalue weighted by molar-refractivity contribution is 9.10. The number of urea groups is 1. The maximum atomic E-state index is 12.5. The molecule has 0 aliphatic rings. The maximum absolute atomic E-state index is 12.5. The Hall–Kier alpha value is -1.12. The number of nitrogens with one attached hydrogen (secondary N) is 1. The Bertz CT molecular complexity index is 659. The molecule has 0 radical (unpaired) electrons. The second-order valence-electron chi connectivity index (χ2n) is 6.32. The van der Waals surface area contributed by atoms with Crippen LogP contribution in [0.4, 0.5) is 4.79 Å². The fraction of sp³-hybridized carbons (Fsp3) is 0.611. The van der Waals surface area contributed by atoms with Crippen LogP contribution < -0.4 is 5.32 Å². The SMILES string of the molecule is CCN(CC)CCNC(=O)N(CCS(=O)(=O)c1ccc(Br)cc1)C(C)C. The van der Waals surface area contributed by atoms with Crippen LogP contribution in [0.1, 0.15) is 27.7 Å². The van der Waals surface area contributed by atoms with Gasteiger partial charge in [-0.3, -0.25) is 0 Å². The topological polar surface area (TPSA) is 69.7 Å². The zero-order valence-electron chi connectivity index (χ0n) is 16.0. The Morgan fingerprint density at radius 1 is 1.12 bits per heavy atom. The molecule has 0 bridgehead atoms. The molecule has 26 heavy (non-hydrogen) atoms. The molecule has 1 aromatic carbocycles. The standard InChI is InChI=1S/C18H30BrN3O3S/c1-5-21(6-2)12-11-20-18(23)22(15(3)4)13-14-26(24,25)17-9-7-16(19)8-10-17/h7-10,15H,5-6,11-14H2,1-4H3,(H,20,23). The van der Waals surface area contributed by atoms with Gasteiger partial charge in [0.15, 0.2) is 9.84 Å². The Morgan fingerprint density at radius 2 is 1.69 bits per heavy atom. The van der Waals surface area contributed by atoms with Crippen molar-refractivity contribution in [3.05, 3.63) is 28.7 Å². The molecule has 0 fully saturated rings. The maximum Gasteiger partial charge on any atom is 0.317 e. The normalized spacial score (nSPS) is 11.8. The van der Waals surface area contributed by atoms with Gasteiger partial charge in [-0.25, -0.2) is 13.2 Å². The fourth-order valence-corrected chi connectivity index (χ4v) is 4.02. The van der Waals surface area contributed by atoms with E-state index in [1.165, 1.54) is 0 Å². The zero-order chi connectivity index (χ0) is 19.7. The van der Waals surface area contributed by atoms with Crippen molar-refractivity contribution < 1.29 is 13.2 Å². The van der Waals surface area contributed by atoms with Crippen LogP contribution in [0.15, 0.2) is 33.6 Å². The predicted molar refractivity (Wildman–Crippen MR) is 109 cm³/mol. The summed E-state index contributed by atoms with van der Waals surface area (Å²) >= 11 is 3.30. The van der Waals surface area contributed by atoms with Crippen molar-refractivity contribution in [1.29, 1.82) is 0 Å². The third-order valence-electron chi connectivity index (χ3n) is 4.26. The van der Waals surface area contributed by atoms with E-state index in [1.54, 1.807) is 29.2 Å². The van der Waals surface area contributed by atoms with Crippen LogP contribution in [0.25, 0.3) is 0 Å². The van der Waals surface area contributed by atoms with Crippen molar-refractivity contribution >= 4 is 31.8 Å². The first kappa shape index (κ1) is 22.9. The average Bonchev–Trinajstić information content (AvgIpc) is 2.59. The first-order chi connectivity index (χ1) is 12.2. The van der Waals surface area contributed by atoms with Crippen LogP contribution in [-0.4, -0.2) is 68.8 Å². The molecule has 0 aliphatic carbocycles. The molecule has 1 N–H and O–H groups in total. The molecule has 0 saturated carbocycles. The minimum atomic E-state index is -3.43. The first-order valence-electron chi connectivity index (χ1n) is 8.96. The fourth-order valence-electron chi connectivity index (χ4n) is 2.53. The van der Waals surface area contributed by atoms with Gasteiger partial charge in [0, 0.05) is 30.1 Å². The van der Waals surface area contributed by atoms with Gasteiger partial charge in [-0.05, 0) is 51.2 Å². The van der Waals surface area contributed by atoms with Crippen LogP contribution >= 0.6 is 15.9 Å². The molecular formula is C18H30BrN3O3S. The number of benzene rings is 1. The Morgan fingerprint density at radius 3 is 2.19 bits per heavy atom. The largest absolute Gasteiger partial charge is 0.337 e. The molecule has 6 nitrogen and oxygen atoms in total. The molecule has 148 valence electrons. The van der Waals surface area contributed by atoms with Gasteiger partial charge < -0.3 is 15.1 Å². The number of carbonyl (C=O) groups excluding carboxylic acids is 1. The molecule has 0 aromatic heterocycles. The third-order valence-corrected chi connectivity index (χ3v) is 6.50. The van der Waals surface area contributed by atoms with Crippen molar-refractivity contribution in [3.8, 4) is 0 Å². The molecular weight excluding hydrogens is 418 g/mol. The number of rotatable bonds is 10. The number of likely N-dealkylation sites (N-methyl/N-ethyl adjacent to an activating group) is 1.